The van der Waals surface area contributed by atoms with E-state index in [1.165, 1.54) is 12.1 Å². The maximum absolute atomic E-state index is 11.6. The first kappa shape index (κ1) is 12.6. The summed E-state index contributed by atoms with van der Waals surface area (Å²) in [6, 6.07) is 2.60. The Hall–Kier alpha value is -1.42. The minimum Gasteiger partial charge on any atom is -0.506 e. The van der Waals surface area contributed by atoms with Gasteiger partial charge < -0.3 is 15.6 Å². The highest BCUT2D eigenvalue weighted by Crippen LogP contribution is 2.31. The summed E-state index contributed by atoms with van der Waals surface area (Å²) in [4.78, 5) is 11.6. The van der Waals surface area contributed by atoms with E-state index in [0.717, 1.165) is 0 Å². The van der Waals surface area contributed by atoms with E-state index in [1.54, 1.807) is 20.8 Å². The number of esters is 1. The molecule has 0 aliphatic heterocycles. The molecule has 5 heteroatoms. The van der Waals surface area contributed by atoms with Gasteiger partial charge in [-0.15, -0.1) is 0 Å². The minimum absolute atomic E-state index is 0.0345. The van der Waals surface area contributed by atoms with E-state index < -0.39 is 11.6 Å². The first-order chi connectivity index (χ1) is 7.20. The smallest absolute Gasteiger partial charge is 0.338 e. The van der Waals surface area contributed by atoms with Crippen LogP contribution < -0.4 is 5.73 Å². The fourth-order valence-corrected chi connectivity index (χ4v) is 1.20. The molecule has 16 heavy (non-hydrogen) atoms. The summed E-state index contributed by atoms with van der Waals surface area (Å²) >= 11 is 5.66. The zero-order valence-corrected chi connectivity index (χ0v) is 10.1. The average molecular weight is 244 g/mol. The van der Waals surface area contributed by atoms with Gasteiger partial charge in [0.25, 0.3) is 0 Å². The van der Waals surface area contributed by atoms with E-state index in [1.807, 2.05) is 0 Å². The number of carbonyl (C=O) groups excluding carboxylic acids is 1. The Balaban J connectivity index is 3.02. The van der Waals surface area contributed by atoms with Crippen molar-refractivity contribution in [2.24, 2.45) is 0 Å². The lowest BCUT2D eigenvalue weighted by Gasteiger charge is -2.19. The normalized spacial score (nSPS) is 11.2. The number of nitrogens with two attached hydrogens (primary N) is 1. The standard InChI is InChI=1S/C11H14ClNO3/c1-11(2,3)16-10(15)6-4-7(13)9(12)8(14)5-6/h4-5,14H,13H2,1-3H3. The number of halogens is 1. The lowest BCUT2D eigenvalue weighted by Crippen LogP contribution is -2.23. The van der Waals surface area contributed by atoms with Crippen LogP contribution in [-0.2, 0) is 4.74 Å². The van der Waals surface area contributed by atoms with Gasteiger partial charge in [0.1, 0.15) is 16.4 Å². The molecule has 0 radical (unpaired) electrons. The van der Waals surface area contributed by atoms with Gasteiger partial charge in [-0.3, -0.25) is 0 Å². The summed E-state index contributed by atoms with van der Waals surface area (Å²) in [7, 11) is 0. The predicted molar refractivity (Wildman–Crippen MR) is 62.7 cm³/mol. The van der Waals surface area contributed by atoms with Gasteiger partial charge in [0.05, 0.1) is 11.3 Å². The zero-order chi connectivity index (χ0) is 12.5. The second-order valence-corrected chi connectivity index (χ2v) is 4.78. The van der Waals surface area contributed by atoms with Crippen molar-refractivity contribution in [1.29, 1.82) is 0 Å². The Morgan fingerprint density at radius 3 is 2.44 bits per heavy atom. The van der Waals surface area contributed by atoms with Gasteiger partial charge in [-0.2, -0.15) is 0 Å². The van der Waals surface area contributed by atoms with Gasteiger partial charge >= 0.3 is 5.97 Å². The molecule has 0 heterocycles. The molecule has 0 fully saturated rings. The second kappa shape index (κ2) is 4.22. The van der Waals surface area contributed by atoms with Gasteiger partial charge in [0.2, 0.25) is 0 Å². The second-order valence-electron chi connectivity index (χ2n) is 4.40. The molecule has 0 aliphatic carbocycles. The highest BCUT2D eigenvalue weighted by molar-refractivity contribution is 6.34. The van der Waals surface area contributed by atoms with Crippen molar-refractivity contribution < 1.29 is 14.6 Å². The van der Waals surface area contributed by atoms with Crippen LogP contribution in [0.2, 0.25) is 5.02 Å². The lowest BCUT2D eigenvalue weighted by molar-refractivity contribution is 0.00692. The molecule has 0 saturated carbocycles. The number of hydrogen-bond acceptors (Lipinski definition) is 4. The summed E-state index contributed by atoms with van der Waals surface area (Å²) in [6.45, 7) is 5.26. The Bertz CT molecular complexity index is 401. The third kappa shape index (κ3) is 3.03. The number of rotatable bonds is 1. The number of hydrogen-bond donors (Lipinski definition) is 2. The molecule has 0 aromatic heterocycles. The molecule has 88 valence electrons. The molecule has 0 amide bonds. The van der Waals surface area contributed by atoms with Crippen molar-refractivity contribution in [3.8, 4) is 5.75 Å². The molecule has 1 aromatic carbocycles. The molecule has 1 rings (SSSR count). The average Bonchev–Trinajstić information content (AvgIpc) is 2.10. The van der Waals surface area contributed by atoms with E-state index in [0.29, 0.717) is 0 Å². The van der Waals surface area contributed by atoms with E-state index in [-0.39, 0.29) is 22.0 Å². The fourth-order valence-electron chi connectivity index (χ4n) is 1.09. The number of nitrogen functional groups attached to an aromatic ring is 1. The molecule has 1 aromatic rings. The molecule has 0 saturated heterocycles. The van der Waals surface area contributed by atoms with E-state index in [9.17, 15) is 9.90 Å². The maximum atomic E-state index is 11.6. The van der Waals surface area contributed by atoms with Gasteiger partial charge in [-0.1, -0.05) is 11.6 Å². The Kier molecular flexibility index (Phi) is 3.33. The highest BCUT2D eigenvalue weighted by atomic mass is 35.5. The van der Waals surface area contributed by atoms with Gasteiger partial charge in [-0.05, 0) is 32.9 Å². The summed E-state index contributed by atoms with van der Waals surface area (Å²) in [5, 5.41) is 9.44. The SMILES string of the molecule is CC(C)(C)OC(=O)c1cc(N)c(Cl)c(O)c1. The molecule has 0 aliphatic rings. The fraction of sp³-hybridized carbons (Fsp3) is 0.364. The van der Waals surface area contributed by atoms with Crippen LogP contribution in [0.25, 0.3) is 0 Å². The minimum atomic E-state index is -0.596. The zero-order valence-electron chi connectivity index (χ0n) is 9.37. The Morgan fingerprint density at radius 1 is 1.44 bits per heavy atom. The Morgan fingerprint density at radius 2 is 2.00 bits per heavy atom. The van der Waals surface area contributed by atoms with Crippen molar-refractivity contribution in [2.75, 3.05) is 5.73 Å². The van der Waals surface area contributed by atoms with Crippen LogP contribution >= 0.6 is 11.6 Å². The van der Waals surface area contributed by atoms with Crippen molar-refractivity contribution in [3.05, 3.63) is 22.7 Å². The summed E-state index contributed by atoms with van der Waals surface area (Å²) in [5.74, 6) is -0.784. The van der Waals surface area contributed by atoms with Crippen molar-refractivity contribution >= 4 is 23.3 Å². The molecule has 3 N–H and O–H groups in total. The van der Waals surface area contributed by atoms with Gasteiger partial charge in [0.15, 0.2) is 0 Å². The largest absolute Gasteiger partial charge is 0.506 e. The quantitative estimate of drug-likeness (QED) is 0.587. The van der Waals surface area contributed by atoms with Crippen molar-refractivity contribution in [1.82, 2.24) is 0 Å². The summed E-state index contributed by atoms with van der Waals surface area (Å²) in [5.41, 5.74) is 5.24. The molecular formula is C11H14ClNO3. The molecular weight excluding hydrogens is 230 g/mol. The van der Waals surface area contributed by atoms with Crippen molar-refractivity contribution in [2.45, 2.75) is 26.4 Å². The molecule has 4 nitrogen and oxygen atoms in total. The molecule has 0 spiro atoms. The monoisotopic (exact) mass is 243 g/mol. The third-order valence-corrected chi connectivity index (χ3v) is 2.13. The van der Waals surface area contributed by atoms with Crippen LogP contribution in [0.4, 0.5) is 5.69 Å². The third-order valence-electron chi connectivity index (χ3n) is 1.72. The van der Waals surface area contributed by atoms with Crippen LogP contribution in [-0.4, -0.2) is 16.7 Å². The summed E-state index contributed by atoms with van der Waals surface area (Å²) in [6.07, 6.45) is 0. The predicted octanol–water partition coefficient (Wildman–Crippen LogP) is 2.58. The van der Waals surface area contributed by atoms with Crippen molar-refractivity contribution in [3.63, 3.8) is 0 Å². The van der Waals surface area contributed by atoms with Crippen LogP contribution in [0.5, 0.6) is 5.75 Å². The van der Waals surface area contributed by atoms with Crippen LogP contribution in [0, 0.1) is 0 Å². The van der Waals surface area contributed by atoms with E-state index in [2.05, 4.69) is 0 Å². The number of benzene rings is 1. The first-order valence-electron chi connectivity index (χ1n) is 4.72. The van der Waals surface area contributed by atoms with Crippen LogP contribution in [0.15, 0.2) is 12.1 Å². The molecule has 0 atom stereocenters. The topological polar surface area (TPSA) is 72.5 Å². The van der Waals surface area contributed by atoms with Crippen LogP contribution in [0.3, 0.4) is 0 Å². The maximum Gasteiger partial charge on any atom is 0.338 e. The number of aromatic hydroxyl groups is 1. The Labute approximate surface area is 99.0 Å². The molecule has 0 bridgehead atoms. The first-order valence-corrected chi connectivity index (χ1v) is 5.10. The molecule has 0 unspecified atom stereocenters. The van der Waals surface area contributed by atoms with E-state index in [4.69, 9.17) is 22.1 Å². The number of phenolic OH excluding ortho intramolecular Hbond substituents is 1. The number of anilines is 1. The lowest BCUT2D eigenvalue weighted by atomic mass is 10.1. The van der Waals surface area contributed by atoms with Gasteiger partial charge in [-0.25, -0.2) is 4.79 Å². The van der Waals surface area contributed by atoms with E-state index >= 15 is 0 Å². The van der Waals surface area contributed by atoms with Crippen LogP contribution in [0.1, 0.15) is 31.1 Å². The number of carbonyl (C=O) groups is 1. The van der Waals surface area contributed by atoms with Gasteiger partial charge in [0, 0.05) is 0 Å². The highest BCUT2D eigenvalue weighted by Gasteiger charge is 2.19. The summed E-state index contributed by atoms with van der Waals surface area (Å²) < 4.78 is 5.12. The number of ether oxygens (including phenoxy) is 1. The number of phenols is 1.